The van der Waals surface area contributed by atoms with Crippen molar-refractivity contribution in [2.24, 2.45) is 0 Å². The summed E-state index contributed by atoms with van der Waals surface area (Å²) in [5.74, 6) is -0.746. The molecule has 4 rings (SSSR count). The topological polar surface area (TPSA) is 89.5 Å². The lowest BCUT2D eigenvalue weighted by atomic mass is 9.75. The van der Waals surface area contributed by atoms with Gasteiger partial charge >= 0.3 is 5.97 Å². The number of aryl methyl sites for hydroxylation is 1. The van der Waals surface area contributed by atoms with Gasteiger partial charge in [0.05, 0.1) is 7.11 Å². The quantitative estimate of drug-likeness (QED) is 0.445. The molecule has 6 heteroatoms. The first kappa shape index (κ1) is 23.1. The van der Waals surface area contributed by atoms with Crippen LogP contribution in [-0.2, 0) is 27.2 Å². The van der Waals surface area contributed by atoms with E-state index in [4.69, 9.17) is 4.74 Å². The lowest BCUT2D eigenvalue weighted by Gasteiger charge is -2.36. The summed E-state index contributed by atoms with van der Waals surface area (Å²) in [7, 11) is 1.33. The predicted octanol–water partition coefficient (Wildman–Crippen LogP) is 4.18. The molecule has 0 bridgehead atoms. The monoisotopic (exact) mass is 455 g/mol. The van der Waals surface area contributed by atoms with Crippen molar-refractivity contribution in [1.29, 1.82) is 0 Å². The van der Waals surface area contributed by atoms with Crippen LogP contribution in [0.15, 0.2) is 60.7 Å². The van der Waals surface area contributed by atoms with Gasteiger partial charge in [0.2, 0.25) is 5.91 Å². The van der Waals surface area contributed by atoms with Crippen molar-refractivity contribution in [3.8, 4) is 22.3 Å². The van der Waals surface area contributed by atoms with E-state index in [9.17, 15) is 19.2 Å². The number of hydrogen-bond acceptors (Lipinski definition) is 5. The molecular formula is C28H25NO5. The van der Waals surface area contributed by atoms with Crippen LogP contribution in [0.4, 0.5) is 0 Å². The highest BCUT2D eigenvalue weighted by Crippen LogP contribution is 2.39. The summed E-state index contributed by atoms with van der Waals surface area (Å²) in [5, 5.41) is 2.83. The highest BCUT2D eigenvalue weighted by Gasteiger charge is 2.43. The van der Waals surface area contributed by atoms with Crippen molar-refractivity contribution in [2.75, 3.05) is 7.11 Å². The first-order valence-corrected chi connectivity index (χ1v) is 11.0. The number of amides is 1. The Morgan fingerprint density at radius 3 is 1.79 bits per heavy atom. The number of esters is 1. The van der Waals surface area contributed by atoms with E-state index in [0.717, 1.165) is 46.0 Å². The first-order valence-electron chi connectivity index (χ1n) is 11.0. The van der Waals surface area contributed by atoms with E-state index in [0.29, 0.717) is 30.4 Å². The van der Waals surface area contributed by atoms with E-state index in [1.54, 1.807) is 24.3 Å². The average Bonchev–Trinajstić information content (AvgIpc) is 2.87. The number of carbonyl (C=O) groups excluding carboxylic acids is 4. The molecule has 0 spiro atoms. The fraction of sp³-hybridized carbons (Fsp3) is 0.214. The molecule has 34 heavy (non-hydrogen) atoms. The summed E-state index contributed by atoms with van der Waals surface area (Å²) in [5.41, 5.74) is 5.88. The fourth-order valence-electron chi connectivity index (χ4n) is 4.67. The number of benzene rings is 3. The lowest BCUT2D eigenvalue weighted by molar-refractivity contribution is -0.151. The third-order valence-electron chi connectivity index (χ3n) is 6.36. The third kappa shape index (κ3) is 4.39. The normalized spacial score (nSPS) is 16.8. The molecule has 0 aliphatic heterocycles. The molecule has 1 atom stereocenters. The number of carbonyl (C=O) groups is 4. The van der Waals surface area contributed by atoms with E-state index < -0.39 is 11.5 Å². The van der Waals surface area contributed by atoms with E-state index in [-0.39, 0.29) is 5.91 Å². The van der Waals surface area contributed by atoms with Gasteiger partial charge in [0, 0.05) is 24.5 Å². The SMILES string of the molecule is COC(=O)C1(NC(C)=O)CCc2cc(-c3ccc(C=O)cc3)c(-c3ccc(C=O)cc3)cc2C1. The molecule has 1 amide bonds. The third-order valence-corrected chi connectivity index (χ3v) is 6.36. The van der Waals surface area contributed by atoms with Crippen LogP contribution in [0.2, 0.25) is 0 Å². The second kappa shape index (κ2) is 9.43. The van der Waals surface area contributed by atoms with Gasteiger partial charge in [-0.1, -0.05) is 60.7 Å². The van der Waals surface area contributed by atoms with Crippen LogP contribution >= 0.6 is 0 Å². The van der Waals surface area contributed by atoms with Crippen LogP contribution in [0.25, 0.3) is 22.3 Å². The zero-order valence-electron chi connectivity index (χ0n) is 19.1. The number of rotatable bonds is 6. The number of hydrogen-bond donors (Lipinski definition) is 1. The van der Waals surface area contributed by atoms with E-state index in [1.807, 2.05) is 30.3 Å². The van der Waals surface area contributed by atoms with E-state index in [2.05, 4.69) is 11.4 Å². The number of fused-ring (bicyclic) bond motifs is 1. The number of aldehydes is 2. The minimum Gasteiger partial charge on any atom is -0.467 e. The van der Waals surface area contributed by atoms with Gasteiger partial charge in [-0.05, 0) is 46.2 Å². The Morgan fingerprint density at radius 2 is 1.35 bits per heavy atom. The summed E-state index contributed by atoms with van der Waals surface area (Å²) < 4.78 is 5.05. The van der Waals surface area contributed by atoms with Crippen LogP contribution in [0.3, 0.4) is 0 Å². The lowest BCUT2D eigenvalue weighted by Crippen LogP contribution is -2.57. The molecule has 0 fully saturated rings. The molecule has 1 aliphatic carbocycles. The van der Waals surface area contributed by atoms with Gasteiger partial charge in [-0.3, -0.25) is 14.4 Å². The van der Waals surface area contributed by atoms with Crippen LogP contribution in [-0.4, -0.2) is 37.1 Å². The summed E-state index contributed by atoms with van der Waals surface area (Å²) in [4.78, 5) is 46.9. The Bertz CT molecular complexity index is 1260. The molecule has 3 aromatic rings. The van der Waals surface area contributed by atoms with Crippen LogP contribution in [0, 0.1) is 0 Å². The number of ether oxygens (including phenoxy) is 1. The van der Waals surface area contributed by atoms with Crippen molar-refractivity contribution in [3.05, 3.63) is 82.9 Å². The summed E-state index contributed by atoms with van der Waals surface area (Å²) >= 11 is 0. The Hall–Kier alpha value is -4.06. The maximum atomic E-state index is 12.7. The Morgan fingerprint density at radius 1 is 0.853 bits per heavy atom. The number of methoxy groups -OCH3 is 1. The minimum absolute atomic E-state index is 0.287. The van der Waals surface area contributed by atoms with Gasteiger partial charge < -0.3 is 10.1 Å². The molecule has 6 nitrogen and oxygen atoms in total. The maximum Gasteiger partial charge on any atom is 0.331 e. The van der Waals surface area contributed by atoms with Crippen LogP contribution in [0.1, 0.15) is 45.2 Å². The smallest absolute Gasteiger partial charge is 0.331 e. The summed E-state index contributed by atoms with van der Waals surface area (Å²) in [6, 6.07) is 18.8. The Labute approximate surface area is 197 Å². The average molecular weight is 456 g/mol. The van der Waals surface area contributed by atoms with Crippen molar-refractivity contribution in [2.45, 2.75) is 31.7 Å². The van der Waals surface area contributed by atoms with Crippen molar-refractivity contribution in [1.82, 2.24) is 5.32 Å². The molecule has 0 radical (unpaired) electrons. The molecule has 0 saturated heterocycles. The van der Waals surface area contributed by atoms with Crippen LogP contribution < -0.4 is 5.32 Å². The van der Waals surface area contributed by atoms with E-state index >= 15 is 0 Å². The zero-order chi connectivity index (χ0) is 24.3. The predicted molar refractivity (Wildman–Crippen MR) is 129 cm³/mol. The molecule has 0 saturated carbocycles. The maximum absolute atomic E-state index is 12.7. The molecule has 1 unspecified atom stereocenters. The summed E-state index contributed by atoms with van der Waals surface area (Å²) in [6.07, 6.45) is 2.95. The van der Waals surface area contributed by atoms with E-state index in [1.165, 1.54) is 14.0 Å². The van der Waals surface area contributed by atoms with Crippen LogP contribution in [0.5, 0.6) is 0 Å². The largest absolute Gasteiger partial charge is 0.467 e. The first-order chi connectivity index (χ1) is 16.4. The van der Waals surface area contributed by atoms with Gasteiger partial charge in [-0.15, -0.1) is 0 Å². The Balaban J connectivity index is 1.87. The highest BCUT2D eigenvalue weighted by atomic mass is 16.5. The second-order valence-electron chi connectivity index (χ2n) is 8.58. The number of nitrogens with one attached hydrogen (secondary N) is 1. The van der Waals surface area contributed by atoms with Gasteiger partial charge in [0.15, 0.2) is 0 Å². The highest BCUT2D eigenvalue weighted by molar-refractivity contribution is 5.90. The molecular weight excluding hydrogens is 430 g/mol. The summed E-state index contributed by atoms with van der Waals surface area (Å²) in [6.45, 7) is 1.40. The molecule has 0 heterocycles. The Kier molecular flexibility index (Phi) is 6.41. The van der Waals surface area contributed by atoms with Gasteiger partial charge in [0.25, 0.3) is 0 Å². The van der Waals surface area contributed by atoms with Crippen molar-refractivity contribution >= 4 is 24.4 Å². The van der Waals surface area contributed by atoms with Crippen molar-refractivity contribution in [3.63, 3.8) is 0 Å². The van der Waals surface area contributed by atoms with Gasteiger partial charge in [-0.25, -0.2) is 4.79 Å². The molecule has 1 N–H and O–H groups in total. The van der Waals surface area contributed by atoms with Crippen molar-refractivity contribution < 1.29 is 23.9 Å². The fourth-order valence-corrected chi connectivity index (χ4v) is 4.67. The van der Waals surface area contributed by atoms with Gasteiger partial charge in [-0.2, -0.15) is 0 Å². The minimum atomic E-state index is -1.11. The molecule has 3 aromatic carbocycles. The standard InChI is InChI=1S/C28H25NO5/c1-18(32)29-28(27(33)34-2)12-11-23-13-25(21-7-3-19(16-30)4-8-21)26(14-24(23)15-28)22-9-5-20(17-31)6-10-22/h3-10,13-14,16-17H,11-12,15H2,1-2H3,(H,29,32). The zero-order valence-corrected chi connectivity index (χ0v) is 19.1. The molecule has 1 aliphatic rings. The molecule has 172 valence electrons. The molecule has 0 aromatic heterocycles. The van der Waals surface area contributed by atoms with Gasteiger partial charge in [0.1, 0.15) is 18.1 Å². The second-order valence-corrected chi connectivity index (χ2v) is 8.58.